The smallest absolute Gasteiger partial charge is 0.107 e. The molecule has 0 saturated carbocycles. The first-order chi connectivity index (χ1) is 8.22. The Morgan fingerprint density at radius 2 is 2.06 bits per heavy atom. The molecule has 2 aromatic rings. The minimum absolute atomic E-state index is 0.246. The van der Waals surface area contributed by atoms with E-state index in [-0.39, 0.29) is 4.83 Å². The quantitative estimate of drug-likeness (QED) is 0.709. The predicted molar refractivity (Wildman–Crippen MR) is 74.9 cm³/mol. The van der Waals surface area contributed by atoms with Crippen molar-refractivity contribution >= 4 is 27.5 Å². The molecule has 1 aromatic carbocycles. The van der Waals surface area contributed by atoms with Crippen molar-refractivity contribution in [1.29, 1.82) is 0 Å². The van der Waals surface area contributed by atoms with Gasteiger partial charge in [-0.2, -0.15) is 0 Å². The second-order valence-electron chi connectivity index (χ2n) is 3.92. The molecule has 90 valence electrons. The highest BCUT2D eigenvalue weighted by atomic mass is 79.9. The minimum Gasteiger partial charge on any atom is -0.469 e. The van der Waals surface area contributed by atoms with E-state index in [2.05, 4.69) is 28.9 Å². The fourth-order valence-electron chi connectivity index (χ4n) is 1.88. The van der Waals surface area contributed by atoms with Crippen molar-refractivity contribution in [3.05, 3.63) is 58.5 Å². The number of alkyl halides is 1. The average molecular weight is 314 g/mol. The number of halogens is 2. The maximum absolute atomic E-state index is 6.16. The van der Waals surface area contributed by atoms with Crippen LogP contribution in [0.5, 0.6) is 0 Å². The fourth-order valence-corrected chi connectivity index (χ4v) is 2.85. The van der Waals surface area contributed by atoms with Gasteiger partial charge in [0.25, 0.3) is 0 Å². The fraction of sp³-hybridized carbons (Fsp3) is 0.286. The summed E-state index contributed by atoms with van der Waals surface area (Å²) in [6, 6.07) is 9.96. The van der Waals surface area contributed by atoms with Crippen LogP contribution in [0, 0.1) is 0 Å². The van der Waals surface area contributed by atoms with E-state index in [9.17, 15) is 0 Å². The molecule has 1 unspecified atom stereocenters. The van der Waals surface area contributed by atoms with Gasteiger partial charge < -0.3 is 4.42 Å². The second-order valence-corrected chi connectivity index (χ2v) is 5.43. The van der Waals surface area contributed by atoms with Gasteiger partial charge in [-0.15, -0.1) is 0 Å². The van der Waals surface area contributed by atoms with Gasteiger partial charge in [0.2, 0.25) is 0 Å². The molecule has 1 heterocycles. The zero-order valence-electron chi connectivity index (χ0n) is 9.62. The third kappa shape index (κ3) is 2.93. The summed E-state index contributed by atoms with van der Waals surface area (Å²) in [5.41, 5.74) is 2.37. The van der Waals surface area contributed by atoms with Crippen LogP contribution in [-0.4, -0.2) is 0 Å². The zero-order chi connectivity index (χ0) is 12.3. The lowest BCUT2D eigenvalue weighted by atomic mass is 10.0. The van der Waals surface area contributed by atoms with Crippen LogP contribution in [0.4, 0.5) is 0 Å². The summed E-state index contributed by atoms with van der Waals surface area (Å²) in [4.78, 5) is 0.246. The first-order valence-electron chi connectivity index (χ1n) is 5.66. The molecular formula is C14H14BrClO. The van der Waals surface area contributed by atoms with Crippen LogP contribution in [0.15, 0.2) is 41.0 Å². The van der Waals surface area contributed by atoms with Crippen LogP contribution >= 0.6 is 27.5 Å². The summed E-state index contributed by atoms with van der Waals surface area (Å²) in [6.45, 7) is 2.09. The Labute approximate surface area is 115 Å². The van der Waals surface area contributed by atoms with Gasteiger partial charge in [0.15, 0.2) is 0 Å². The monoisotopic (exact) mass is 312 g/mol. The van der Waals surface area contributed by atoms with Crippen molar-refractivity contribution < 1.29 is 4.42 Å². The first kappa shape index (κ1) is 12.7. The van der Waals surface area contributed by atoms with Crippen molar-refractivity contribution in [2.45, 2.75) is 24.6 Å². The molecule has 1 atom stereocenters. The lowest BCUT2D eigenvalue weighted by Gasteiger charge is -2.10. The number of benzene rings is 1. The molecule has 0 spiro atoms. The molecular weight excluding hydrogens is 300 g/mol. The maximum Gasteiger partial charge on any atom is 0.107 e. The normalized spacial score (nSPS) is 12.6. The van der Waals surface area contributed by atoms with Gasteiger partial charge in [0.1, 0.15) is 5.76 Å². The Morgan fingerprint density at radius 3 is 2.76 bits per heavy atom. The third-order valence-corrected chi connectivity index (χ3v) is 3.98. The van der Waals surface area contributed by atoms with E-state index in [4.69, 9.17) is 16.0 Å². The predicted octanol–water partition coefficient (Wildman–Crippen LogP) is 5.17. The van der Waals surface area contributed by atoms with E-state index in [0.717, 1.165) is 29.2 Å². The van der Waals surface area contributed by atoms with E-state index in [0.29, 0.717) is 0 Å². The summed E-state index contributed by atoms with van der Waals surface area (Å²) in [7, 11) is 0. The largest absolute Gasteiger partial charge is 0.469 e. The third-order valence-electron chi connectivity index (χ3n) is 2.80. The number of hydrogen-bond acceptors (Lipinski definition) is 1. The Hall–Kier alpha value is -0.730. The number of hydrogen-bond donors (Lipinski definition) is 0. The van der Waals surface area contributed by atoms with Crippen LogP contribution in [0.1, 0.15) is 28.6 Å². The molecule has 0 aliphatic heterocycles. The molecule has 0 amide bonds. The summed E-state index contributed by atoms with van der Waals surface area (Å²) < 4.78 is 5.44. The highest BCUT2D eigenvalue weighted by Crippen LogP contribution is 2.32. The number of aryl methyl sites for hydroxylation is 1. The molecule has 3 heteroatoms. The van der Waals surface area contributed by atoms with Gasteiger partial charge in [0, 0.05) is 21.8 Å². The highest BCUT2D eigenvalue weighted by molar-refractivity contribution is 9.09. The average Bonchev–Trinajstić information content (AvgIpc) is 2.80. The Balaban J connectivity index is 2.17. The molecule has 0 saturated heterocycles. The van der Waals surface area contributed by atoms with Gasteiger partial charge in [-0.25, -0.2) is 0 Å². The van der Waals surface area contributed by atoms with E-state index in [1.165, 1.54) is 5.56 Å². The minimum atomic E-state index is 0.246. The Kier molecular flexibility index (Phi) is 4.30. The van der Waals surface area contributed by atoms with Gasteiger partial charge >= 0.3 is 0 Å². The Morgan fingerprint density at radius 1 is 1.29 bits per heavy atom. The van der Waals surface area contributed by atoms with Crippen molar-refractivity contribution in [1.82, 2.24) is 0 Å². The highest BCUT2D eigenvalue weighted by Gasteiger charge is 2.15. The molecule has 17 heavy (non-hydrogen) atoms. The lowest BCUT2D eigenvalue weighted by Crippen LogP contribution is -1.97. The molecule has 0 aliphatic rings. The van der Waals surface area contributed by atoms with Crippen molar-refractivity contribution in [2.24, 2.45) is 0 Å². The topological polar surface area (TPSA) is 13.1 Å². The summed E-state index contributed by atoms with van der Waals surface area (Å²) in [5.74, 6) is 1.04. The van der Waals surface area contributed by atoms with E-state index >= 15 is 0 Å². The molecule has 1 nitrogen and oxygen atoms in total. The van der Waals surface area contributed by atoms with E-state index in [1.54, 1.807) is 6.26 Å². The van der Waals surface area contributed by atoms with Gasteiger partial charge in [-0.05, 0) is 24.1 Å². The molecule has 0 bridgehead atoms. The van der Waals surface area contributed by atoms with Gasteiger partial charge in [0.05, 0.1) is 6.26 Å². The number of rotatable bonds is 4. The molecule has 0 radical (unpaired) electrons. The zero-order valence-corrected chi connectivity index (χ0v) is 12.0. The van der Waals surface area contributed by atoms with Crippen LogP contribution in [0.25, 0.3) is 0 Å². The van der Waals surface area contributed by atoms with Gasteiger partial charge in [-0.3, -0.25) is 0 Å². The second kappa shape index (κ2) is 5.74. The molecule has 0 aliphatic carbocycles. The van der Waals surface area contributed by atoms with Crippen LogP contribution < -0.4 is 0 Å². The van der Waals surface area contributed by atoms with Crippen molar-refractivity contribution in [3.8, 4) is 0 Å². The van der Waals surface area contributed by atoms with Gasteiger partial charge in [-0.1, -0.05) is 52.7 Å². The van der Waals surface area contributed by atoms with Crippen molar-refractivity contribution in [2.75, 3.05) is 0 Å². The van der Waals surface area contributed by atoms with Crippen LogP contribution in [0.3, 0.4) is 0 Å². The summed E-state index contributed by atoms with van der Waals surface area (Å²) in [5, 5.41) is 0.818. The lowest BCUT2D eigenvalue weighted by molar-refractivity contribution is 0.511. The maximum atomic E-state index is 6.16. The first-order valence-corrected chi connectivity index (χ1v) is 6.95. The molecule has 0 N–H and O–H groups in total. The summed E-state index contributed by atoms with van der Waals surface area (Å²) in [6.07, 6.45) is 3.52. The van der Waals surface area contributed by atoms with Crippen LogP contribution in [0.2, 0.25) is 5.02 Å². The molecule has 0 fully saturated rings. The van der Waals surface area contributed by atoms with Crippen molar-refractivity contribution in [3.63, 3.8) is 0 Å². The van der Waals surface area contributed by atoms with Crippen LogP contribution in [-0.2, 0) is 12.8 Å². The molecule has 2 rings (SSSR count). The SMILES string of the molecule is CCc1occc1C(Br)Cc1ccccc1Cl. The standard InChI is InChI=1S/C14H14BrClO/c1-2-14-11(7-8-17-14)12(15)9-10-5-3-4-6-13(10)16/h3-8,12H,2,9H2,1H3. The Bertz CT molecular complexity index is 492. The van der Waals surface area contributed by atoms with E-state index < -0.39 is 0 Å². The van der Waals surface area contributed by atoms with E-state index in [1.807, 2.05) is 24.3 Å². The molecule has 1 aromatic heterocycles. The summed E-state index contributed by atoms with van der Waals surface area (Å²) >= 11 is 9.87. The number of furan rings is 1.